The van der Waals surface area contributed by atoms with Crippen molar-refractivity contribution in [1.82, 2.24) is 14.8 Å². The molecule has 1 aromatic heterocycles. The van der Waals surface area contributed by atoms with Crippen LogP contribution in [0.5, 0.6) is 0 Å². The molecule has 0 N–H and O–H groups in total. The monoisotopic (exact) mass is 394 g/mol. The number of benzene rings is 2. The number of hydrogen-bond acceptors (Lipinski definition) is 6. The number of Topliss-reactive ketones (excluding diaryl/α,β-unsaturated/α-hetero) is 1. The molecular formula is C21H22N4O2S. The number of aromatic nitrogens is 3. The molecule has 1 fully saturated rings. The first-order valence-corrected chi connectivity index (χ1v) is 10.3. The van der Waals surface area contributed by atoms with Gasteiger partial charge in [0.05, 0.1) is 25.5 Å². The van der Waals surface area contributed by atoms with Crippen molar-refractivity contribution < 1.29 is 9.53 Å². The molecule has 2 aromatic carbocycles. The maximum atomic E-state index is 12.5. The van der Waals surface area contributed by atoms with Crippen molar-refractivity contribution in [2.45, 2.75) is 11.7 Å². The van der Waals surface area contributed by atoms with E-state index in [4.69, 9.17) is 4.74 Å². The molecule has 0 aliphatic carbocycles. The predicted molar refractivity (Wildman–Crippen MR) is 110 cm³/mol. The van der Waals surface area contributed by atoms with Crippen molar-refractivity contribution in [2.75, 3.05) is 37.0 Å². The lowest BCUT2D eigenvalue weighted by atomic mass is 10.2. The predicted octanol–water partition coefficient (Wildman–Crippen LogP) is 3.14. The van der Waals surface area contributed by atoms with Crippen LogP contribution in [0.4, 0.5) is 5.95 Å². The molecule has 28 heavy (non-hydrogen) atoms. The highest BCUT2D eigenvalue weighted by molar-refractivity contribution is 7.99. The SMILES string of the molecule is O=C(CSc1nnc(N2CCOCC2)n1Cc1ccccc1)c1ccccc1. The third-order valence-electron chi connectivity index (χ3n) is 4.60. The molecule has 4 rings (SSSR count). The van der Waals surface area contributed by atoms with Crippen LogP contribution in [-0.4, -0.2) is 52.6 Å². The van der Waals surface area contributed by atoms with Crippen molar-refractivity contribution in [1.29, 1.82) is 0 Å². The summed E-state index contributed by atoms with van der Waals surface area (Å²) in [5, 5.41) is 9.59. The van der Waals surface area contributed by atoms with E-state index < -0.39 is 0 Å². The molecule has 0 unspecified atom stereocenters. The number of carbonyl (C=O) groups is 1. The van der Waals surface area contributed by atoms with Gasteiger partial charge in [-0.2, -0.15) is 0 Å². The van der Waals surface area contributed by atoms with Crippen LogP contribution in [0.25, 0.3) is 0 Å². The first-order chi connectivity index (χ1) is 13.8. The minimum atomic E-state index is 0.0905. The van der Waals surface area contributed by atoms with Crippen molar-refractivity contribution in [2.24, 2.45) is 0 Å². The molecule has 0 bridgehead atoms. The number of morpholine rings is 1. The number of ether oxygens (including phenoxy) is 1. The highest BCUT2D eigenvalue weighted by Crippen LogP contribution is 2.25. The molecule has 0 saturated carbocycles. The van der Waals surface area contributed by atoms with E-state index in [-0.39, 0.29) is 5.78 Å². The Bertz CT molecular complexity index is 909. The third-order valence-corrected chi connectivity index (χ3v) is 5.57. The normalized spacial score (nSPS) is 14.2. The van der Waals surface area contributed by atoms with E-state index in [0.717, 1.165) is 29.8 Å². The Morgan fingerprint density at radius 3 is 2.36 bits per heavy atom. The molecule has 7 heteroatoms. The molecule has 1 aliphatic heterocycles. The largest absolute Gasteiger partial charge is 0.378 e. The van der Waals surface area contributed by atoms with E-state index in [9.17, 15) is 4.79 Å². The van der Waals surface area contributed by atoms with Crippen LogP contribution in [0.2, 0.25) is 0 Å². The molecule has 3 aromatic rings. The van der Waals surface area contributed by atoms with Gasteiger partial charge in [0.2, 0.25) is 5.95 Å². The molecule has 1 saturated heterocycles. The number of hydrogen-bond donors (Lipinski definition) is 0. The van der Waals surface area contributed by atoms with Crippen LogP contribution in [0.1, 0.15) is 15.9 Å². The van der Waals surface area contributed by atoms with Crippen molar-refractivity contribution in [3.8, 4) is 0 Å². The van der Waals surface area contributed by atoms with Gasteiger partial charge in [-0.15, -0.1) is 10.2 Å². The van der Waals surface area contributed by atoms with E-state index in [1.54, 1.807) is 0 Å². The number of carbonyl (C=O) groups excluding carboxylic acids is 1. The maximum absolute atomic E-state index is 12.5. The molecule has 2 heterocycles. The number of ketones is 1. The van der Waals surface area contributed by atoms with E-state index in [1.807, 2.05) is 48.5 Å². The third kappa shape index (κ3) is 4.43. The number of rotatable bonds is 7. The molecule has 0 spiro atoms. The topological polar surface area (TPSA) is 60.3 Å². The summed E-state index contributed by atoms with van der Waals surface area (Å²) in [5.74, 6) is 1.26. The number of thioether (sulfide) groups is 1. The number of anilines is 1. The molecule has 6 nitrogen and oxygen atoms in total. The molecule has 0 radical (unpaired) electrons. The fourth-order valence-corrected chi connectivity index (χ4v) is 3.95. The second-order valence-corrected chi connectivity index (χ2v) is 7.47. The highest BCUT2D eigenvalue weighted by atomic mass is 32.2. The van der Waals surface area contributed by atoms with E-state index in [0.29, 0.717) is 25.5 Å². The summed E-state index contributed by atoms with van der Waals surface area (Å²) in [6.07, 6.45) is 0. The zero-order valence-electron chi connectivity index (χ0n) is 15.5. The van der Waals surface area contributed by atoms with Gasteiger partial charge in [-0.1, -0.05) is 72.4 Å². The van der Waals surface area contributed by atoms with Crippen LogP contribution in [0.15, 0.2) is 65.8 Å². The van der Waals surface area contributed by atoms with Crippen molar-refractivity contribution in [3.63, 3.8) is 0 Å². The Balaban J connectivity index is 1.55. The minimum Gasteiger partial charge on any atom is -0.378 e. The summed E-state index contributed by atoms with van der Waals surface area (Å²) >= 11 is 1.44. The van der Waals surface area contributed by atoms with Gasteiger partial charge < -0.3 is 9.64 Å². The standard InChI is InChI=1S/C21H22N4O2S/c26-19(18-9-5-2-6-10-18)16-28-21-23-22-20(24-11-13-27-14-12-24)25(21)15-17-7-3-1-4-8-17/h1-10H,11-16H2. The van der Waals surface area contributed by atoms with Crippen molar-refractivity contribution >= 4 is 23.5 Å². The fraction of sp³-hybridized carbons (Fsp3) is 0.286. The summed E-state index contributed by atoms with van der Waals surface area (Å²) in [4.78, 5) is 14.7. The zero-order valence-corrected chi connectivity index (χ0v) is 16.3. The number of nitrogens with zero attached hydrogens (tertiary/aromatic N) is 4. The quantitative estimate of drug-likeness (QED) is 0.453. The average Bonchev–Trinajstić information content (AvgIpc) is 3.16. The second-order valence-electron chi connectivity index (χ2n) is 6.53. The van der Waals surface area contributed by atoms with Gasteiger partial charge in [0, 0.05) is 18.7 Å². The first kappa shape index (κ1) is 18.7. The Morgan fingerprint density at radius 1 is 0.964 bits per heavy atom. The van der Waals surface area contributed by atoms with Gasteiger partial charge in [0.25, 0.3) is 0 Å². The maximum Gasteiger partial charge on any atom is 0.228 e. The lowest BCUT2D eigenvalue weighted by molar-refractivity contribution is 0.102. The lowest BCUT2D eigenvalue weighted by Gasteiger charge is -2.28. The van der Waals surface area contributed by atoms with E-state index >= 15 is 0 Å². The smallest absolute Gasteiger partial charge is 0.228 e. The van der Waals surface area contributed by atoms with Gasteiger partial charge in [-0.25, -0.2) is 0 Å². The Labute approximate surface area is 168 Å². The lowest BCUT2D eigenvalue weighted by Crippen LogP contribution is -2.38. The summed E-state index contributed by atoms with van der Waals surface area (Å²) in [7, 11) is 0. The van der Waals surface area contributed by atoms with Crippen molar-refractivity contribution in [3.05, 3.63) is 71.8 Å². The summed E-state index contributed by atoms with van der Waals surface area (Å²) in [6.45, 7) is 3.63. The van der Waals surface area contributed by atoms with E-state index in [1.165, 1.54) is 17.3 Å². The Kier molecular flexibility index (Phi) is 6.04. The Hall–Kier alpha value is -2.64. The van der Waals surface area contributed by atoms with Gasteiger partial charge in [0.1, 0.15) is 0 Å². The van der Waals surface area contributed by atoms with Crippen LogP contribution in [0, 0.1) is 0 Å². The second kappa shape index (κ2) is 9.03. The van der Waals surface area contributed by atoms with Crippen LogP contribution in [-0.2, 0) is 11.3 Å². The van der Waals surface area contributed by atoms with Crippen LogP contribution in [0.3, 0.4) is 0 Å². The van der Waals surface area contributed by atoms with Crippen LogP contribution < -0.4 is 4.90 Å². The zero-order chi connectivity index (χ0) is 19.2. The Morgan fingerprint density at radius 2 is 1.64 bits per heavy atom. The molecule has 144 valence electrons. The van der Waals surface area contributed by atoms with Gasteiger partial charge >= 0.3 is 0 Å². The van der Waals surface area contributed by atoms with Gasteiger partial charge in [-0.3, -0.25) is 9.36 Å². The summed E-state index contributed by atoms with van der Waals surface area (Å²) in [5.41, 5.74) is 1.89. The molecule has 0 amide bonds. The highest BCUT2D eigenvalue weighted by Gasteiger charge is 2.21. The summed E-state index contributed by atoms with van der Waals surface area (Å²) < 4.78 is 7.57. The van der Waals surface area contributed by atoms with Gasteiger partial charge in [-0.05, 0) is 5.56 Å². The molecule has 0 atom stereocenters. The van der Waals surface area contributed by atoms with Crippen LogP contribution >= 0.6 is 11.8 Å². The molecular weight excluding hydrogens is 372 g/mol. The first-order valence-electron chi connectivity index (χ1n) is 9.32. The minimum absolute atomic E-state index is 0.0905. The van der Waals surface area contributed by atoms with Gasteiger partial charge in [0.15, 0.2) is 10.9 Å². The average molecular weight is 394 g/mol. The summed E-state index contributed by atoms with van der Waals surface area (Å²) in [6, 6.07) is 19.6. The van der Waals surface area contributed by atoms with E-state index in [2.05, 4.69) is 31.8 Å². The fourth-order valence-electron chi connectivity index (χ4n) is 3.13. The molecule has 1 aliphatic rings.